The van der Waals surface area contributed by atoms with Gasteiger partial charge in [-0.05, 0) is 13.3 Å². The minimum Gasteiger partial charge on any atom is -0.392 e. The second kappa shape index (κ2) is 5.07. The molecule has 2 unspecified atom stereocenters. The first kappa shape index (κ1) is 14.0. The summed E-state index contributed by atoms with van der Waals surface area (Å²) in [5.41, 5.74) is 5.24. The van der Waals surface area contributed by atoms with Crippen molar-refractivity contribution in [2.75, 3.05) is 0 Å². The molecule has 1 rings (SSSR count). The first-order chi connectivity index (χ1) is 7.74. The Hall–Kier alpha value is -1.06. The summed E-state index contributed by atoms with van der Waals surface area (Å²) in [7, 11) is -3.80. The molecule has 96 valence electrons. The molecule has 1 heterocycles. The Labute approximate surface area is 104 Å². The molecule has 1 saturated heterocycles. The lowest BCUT2D eigenvalue weighted by Gasteiger charge is -2.23. The molecule has 0 aliphatic carbocycles. The van der Waals surface area contributed by atoms with Gasteiger partial charge in [-0.15, -0.1) is 0 Å². The fraction of sp³-hybridized carbons (Fsp3) is 0.625. The van der Waals surface area contributed by atoms with Crippen LogP contribution in [-0.2, 0) is 19.6 Å². The maximum absolute atomic E-state index is 11.7. The van der Waals surface area contributed by atoms with E-state index in [1.807, 2.05) is 0 Å². The summed E-state index contributed by atoms with van der Waals surface area (Å²) in [5, 5.41) is 0.984. The van der Waals surface area contributed by atoms with Gasteiger partial charge < -0.3 is 5.73 Å². The number of carbonyl (C=O) groups is 2. The molecule has 0 spiro atoms. The Morgan fingerprint density at radius 3 is 2.65 bits per heavy atom. The van der Waals surface area contributed by atoms with Crippen LogP contribution in [0.1, 0.15) is 19.8 Å². The van der Waals surface area contributed by atoms with Gasteiger partial charge >= 0.3 is 0 Å². The number of carbonyl (C=O) groups excluding carboxylic acids is 2. The van der Waals surface area contributed by atoms with Crippen LogP contribution < -0.4 is 15.8 Å². The molecule has 0 radical (unpaired) electrons. The van der Waals surface area contributed by atoms with Gasteiger partial charge in [0.1, 0.15) is 11.3 Å². The van der Waals surface area contributed by atoms with Crippen LogP contribution in [0.2, 0.25) is 0 Å². The van der Waals surface area contributed by atoms with E-state index >= 15 is 0 Å². The van der Waals surface area contributed by atoms with E-state index in [4.69, 9.17) is 5.73 Å². The lowest BCUT2D eigenvalue weighted by atomic mass is 10.1. The summed E-state index contributed by atoms with van der Waals surface area (Å²) in [6.45, 7) is 1.33. The number of thiocarbonyl (C=S) groups is 1. The van der Waals surface area contributed by atoms with Crippen molar-refractivity contribution in [1.29, 1.82) is 0 Å². The van der Waals surface area contributed by atoms with Gasteiger partial charge in [0.05, 0.1) is 4.99 Å². The van der Waals surface area contributed by atoms with E-state index in [2.05, 4.69) is 22.3 Å². The molecule has 1 aliphatic rings. The highest BCUT2D eigenvalue weighted by Crippen LogP contribution is 2.08. The number of amides is 2. The van der Waals surface area contributed by atoms with Crippen molar-refractivity contribution in [3.8, 4) is 0 Å². The maximum atomic E-state index is 11.7. The van der Waals surface area contributed by atoms with Gasteiger partial charge in [-0.1, -0.05) is 12.2 Å². The molecule has 4 N–H and O–H groups in total. The third-order valence-corrected chi connectivity index (χ3v) is 4.71. The molecular weight excluding hydrogens is 266 g/mol. The molecule has 0 aromatic rings. The van der Waals surface area contributed by atoms with Crippen LogP contribution in [-0.4, -0.2) is 36.5 Å². The first-order valence-electron chi connectivity index (χ1n) is 4.88. The van der Waals surface area contributed by atoms with Crippen LogP contribution in [0, 0.1) is 0 Å². The zero-order valence-electron chi connectivity index (χ0n) is 9.10. The minimum absolute atomic E-state index is 0.0976. The summed E-state index contributed by atoms with van der Waals surface area (Å²) in [6.07, 6.45) is 0.230. The van der Waals surface area contributed by atoms with Crippen molar-refractivity contribution in [2.24, 2.45) is 5.73 Å². The van der Waals surface area contributed by atoms with Gasteiger partial charge in [0, 0.05) is 6.42 Å². The molecule has 7 nitrogen and oxygen atoms in total. The molecule has 1 fully saturated rings. The first-order valence-corrected chi connectivity index (χ1v) is 6.83. The van der Waals surface area contributed by atoms with E-state index < -0.39 is 33.1 Å². The van der Waals surface area contributed by atoms with Gasteiger partial charge in [-0.2, -0.15) is 0 Å². The largest absolute Gasteiger partial charge is 0.392 e. The number of nitrogens with two attached hydrogens (primary N) is 1. The van der Waals surface area contributed by atoms with Gasteiger partial charge in [0.25, 0.3) is 0 Å². The molecule has 1 aliphatic heterocycles. The second-order valence-corrected chi connectivity index (χ2v) is 6.22. The number of hydrogen-bond donors (Lipinski definition) is 3. The monoisotopic (exact) mass is 279 g/mol. The maximum Gasteiger partial charge on any atom is 0.244 e. The zero-order chi connectivity index (χ0) is 13.2. The Balaban J connectivity index is 2.75. The third-order valence-electron chi connectivity index (χ3n) is 2.41. The van der Waals surface area contributed by atoms with Crippen LogP contribution in [0.4, 0.5) is 0 Å². The standard InChI is InChI=1S/C8H13N3O4S2/c1-4(7(9)16)17(14,15)11-5-2-3-6(12)10-8(5)13/h4-5,11H,2-3H2,1H3,(H2,9,16)(H,10,12,13). The van der Waals surface area contributed by atoms with Crippen molar-refractivity contribution in [2.45, 2.75) is 31.1 Å². The van der Waals surface area contributed by atoms with E-state index in [0.29, 0.717) is 0 Å². The highest BCUT2D eigenvalue weighted by Gasteiger charge is 2.33. The van der Waals surface area contributed by atoms with E-state index in [1.165, 1.54) is 6.92 Å². The molecule has 0 bridgehead atoms. The normalized spacial score (nSPS) is 23.0. The number of piperidine rings is 1. The van der Waals surface area contributed by atoms with E-state index in [-0.39, 0.29) is 17.8 Å². The number of sulfonamides is 1. The van der Waals surface area contributed by atoms with Crippen LogP contribution >= 0.6 is 12.2 Å². The Morgan fingerprint density at radius 2 is 2.18 bits per heavy atom. The fourth-order valence-electron chi connectivity index (χ4n) is 1.26. The van der Waals surface area contributed by atoms with Crippen molar-refractivity contribution >= 4 is 39.0 Å². The summed E-state index contributed by atoms with van der Waals surface area (Å²) >= 11 is 4.59. The molecule has 2 amide bonds. The van der Waals surface area contributed by atoms with Gasteiger partial charge in [0.15, 0.2) is 0 Å². The van der Waals surface area contributed by atoms with E-state index in [0.717, 1.165) is 0 Å². The highest BCUT2D eigenvalue weighted by atomic mass is 32.2. The zero-order valence-corrected chi connectivity index (χ0v) is 10.7. The predicted octanol–water partition coefficient (Wildman–Crippen LogP) is -1.61. The molecule has 17 heavy (non-hydrogen) atoms. The number of nitrogens with one attached hydrogen (secondary N) is 2. The van der Waals surface area contributed by atoms with Crippen LogP contribution in [0.5, 0.6) is 0 Å². The molecule has 9 heteroatoms. The predicted molar refractivity (Wildman–Crippen MR) is 64.5 cm³/mol. The quantitative estimate of drug-likeness (QED) is 0.421. The van der Waals surface area contributed by atoms with Crippen LogP contribution in [0.3, 0.4) is 0 Å². The average Bonchev–Trinajstić information content (AvgIpc) is 2.21. The smallest absolute Gasteiger partial charge is 0.244 e. The topological polar surface area (TPSA) is 118 Å². The van der Waals surface area contributed by atoms with Crippen molar-refractivity contribution in [3.05, 3.63) is 0 Å². The lowest BCUT2D eigenvalue weighted by Crippen LogP contribution is -2.54. The lowest BCUT2D eigenvalue weighted by molar-refractivity contribution is -0.134. The van der Waals surface area contributed by atoms with Gasteiger partial charge in [-0.25, -0.2) is 13.1 Å². The Bertz CT molecular complexity index is 459. The van der Waals surface area contributed by atoms with Crippen molar-refractivity contribution < 1.29 is 18.0 Å². The van der Waals surface area contributed by atoms with E-state index in [9.17, 15) is 18.0 Å². The molecule has 0 aromatic heterocycles. The number of rotatable bonds is 4. The fourth-order valence-corrected chi connectivity index (χ4v) is 2.77. The summed E-state index contributed by atoms with van der Waals surface area (Å²) in [4.78, 5) is 22.1. The second-order valence-electron chi connectivity index (χ2n) is 3.71. The number of hydrogen-bond acceptors (Lipinski definition) is 5. The summed E-state index contributed by atoms with van der Waals surface area (Å²) in [6, 6.07) is -0.950. The number of imide groups is 1. The van der Waals surface area contributed by atoms with Crippen molar-refractivity contribution in [3.63, 3.8) is 0 Å². The Kier molecular flexibility index (Phi) is 4.17. The molecule has 0 aromatic carbocycles. The SMILES string of the molecule is CC(C(N)=S)S(=O)(=O)NC1CCC(=O)NC1=O. The van der Waals surface area contributed by atoms with E-state index in [1.54, 1.807) is 0 Å². The molecule has 2 atom stereocenters. The Morgan fingerprint density at radius 1 is 1.59 bits per heavy atom. The minimum atomic E-state index is -3.80. The average molecular weight is 279 g/mol. The van der Waals surface area contributed by atoms with Crippen LogP contribution in [0.25, 0.3) is 0 Å². The third kappa shape index (κ3) is 3.45. The highest BCUT2D eigenvalue weighted by molar-refractivity contribution is 7.93. The van der Waals surface area contributed by atoms with Crippen LogP contribution in [0.15, 0.2) is 0 Å². The summed E-state index contributed by atoms with van der Waals surface area (Å²) < 4.78 is 25.6. The summed E-state index contributed by atoms with van der Waals surface area (Å²) in [5.74, 6) is -1.06. The van der Waals surface area contributed by atoms with Gasteiger partial charge in [0.2, 0.25) is 21.8 Å². The molecule has 0 saturated carbocycles. The van der Waals surface area contributed by atoms with Crippen molar-refractivity contribution in [1.82, 2.24) is 10.0 Å². The van der Waals surface area contributed by atoms with Gasteiger partial charge in [-0.3, -0.25) is 14.9 Å². The molecular formula is C8H13N3O4S2.